The van der Waals surface area contributed by atoms with Gasteiger partial charge in [0.1, 0.15) is 5.82 Å². The third-order valence-corrected chi connectivity index (χ3v) is 4.97. The topological polar surface area (TPSA) is 53.4 Å². The summed E-state index contributed by atoms with van der Waals surface area (Å²) < 4.78 is 1.97. The number of rotatable bonds is 5. The summed E-state index contributed by atoms with van der Waals surface area (Å²) in [5.41, 5.74) is 1.80. The Bertz CT molecular complexity index is 722. The van der Waals surface area contributed by atoms with E-state index in [1.165, 1.54) is 0 Å². The standard InChI is InChI=1S/C19H27N5O/c1-4-23(5-2)17-9-11-24(14-17)19(25)21-16-8-6-7-15(13-16)18-20-10-12-22(18)3/h6-8,10,12-13,17H,4-5,9,11,14H2,1-3H3,(H,21,25)/t17-/m1/s1. The fraction of sp³-hybridized carbons (Fsp3) is 0.474. The number of likely N-dealkylation sites (tertiary alicyclic amines) is 1. The Kier molecular flexibility index (Phi) is 5.38. The van der Waals surface area contributed by atoms with Crippen LogP contribution in [0.5, 0.6) is 0 Å². The molecule has 0 aliphatic carbocycles. The smallest absolute Gasteiger partial charge is 0.321 e. The lowest BCUT2D eigenvalue weighted by molar-refractivity contribution is 0.202. The molecule has 0 saturated carbocycles. The molecule has 3 rings (SSSR count). The summed E-state index contributed by atoms with van der Waals surface area (Å²) in [6, 6.07) is 8.29. The number of nitrogens with zero attached hydrogens (tertiary/aromatic N) is 4. The molecule has 1 atom stereocenters. The van der Waals surface area contributed by atoms with Crippen LogP contribution in [0.3, 0.4) is 0 Å². The van der Waals surface area contributed by atoms with Crippen molar-refractivity contribution in [2.24, 2.45) is 7.05 Å². The quantitative estimate of drug-likeness (QED) is 0.909. The molecule has 0 unspecified atom stereocenters. The second-order valence-corrected chi connectivity index (χ2v) is 6.48. The minimum absolute atomic E-state index is 0.0216. The van der Waals surface area contributed by atoms with Crippen molar-refractivity contribution < 1.29 is 4.79 Å². The molecular weight excluding hydrogens is 314 g/mol. The number of anilines is 1. The molecule has 1 aliphatic rings. The van der Waals surface area contributed by atoms with Crippen molar-refractivity contribution in [2.45, 2.75) is 26.3 Å². The summed E-state index contributed by atoms with van der Waals surface area (Å²) in [6.45, 7) is 8.02. The first kappa shape index (κ1) is 17.5. The predicted molar refractivity (Wildman–Crippen MR) is 101 cm³/mol. The molecule has 25 heavy (non-hydrogen) atoms. The second kappa shape index (κ2) is 7.70. The molecule has 1 aromatic carbocycles. The number of benzene rings is 1. The zero-order chi connectivity index (χ0) is 17.8. The van der Waals surface area contributed by atoms with Gasteiger partial charge in [0, 0.05) is 49.8 Å². The molecule has 2 heterocycles. The van der Waals surface area contributed by atoms with E-state index in [4.69, 9.17) is 0 Å². The number of hydrogen-bond acceptors (Lipinski definition) is 3. The first-order chi connectivity index (χ1) is 12.1. The summed E-state index contributed by atoms with van der Waals surface area (Å²) in [5.74, 6) is 0.888. The van der Waals surface area contributed by atoms with Crippen LogP contribution >= 0.6 is 0 Å². The summed E-state index contributed by atoms with van der Waals surface area (Å²) >= 11 is 0. The van der Waals surface area contributed by atoms with Gasteiger partial charge in [-0.2, -0.15) is 0 Å². The van der Waals surface area contributed by atoms with Crippen molar-refractivity contribution >= 4 is 11.7 Å². The number of amides is 2. The minimum Gasteiger partial charge on any atom is -0.334 e. The highest BCUT2D eigenvalue weighted by Gasteiger charge is 2.29. The molecule has 0 spiro atoms. The fourth-order valence-corrected chi connectivity index (χ4v) is 3.55. The number of nitrogens with one attached hydrogen (secondary N) is 1. The van der Waals surface area contributed by atoms with Crippen LogP contribution in [-0.2, 0) is 7.05 Å². The van der Waals surface area contributed by atoms with Crippen LogP contribution in [-0.4, -0.2) is 57.6 Å². The molecule has 1 aliphatic heterocycles. The minimum atomic E-state index is -0.0216. The van der Waals surface area contributed by atoms with Gasteiger partial charge in [-0.1, -0.05) is 26.0 Å². The Hall–Kier alpha value is -2.34. The SMILES string of the molecule is CCN(CC)[C@@H]1CCN(C(=O)Nc2cccc(-c3nccn3C)c2)C1. The van der Waals surface area contributed by atoms with E-state index in [1.807, 2.05) is 47.0 Å². The van der Waals surface area contributed by atoms with Gasteiger partial charge in [0.25, 0.3) is 0 Å². The maximum atomic E-state index is 12.6. The van der Waals surface area contributed by atoms with Gasteiger partial charge in [-0.25, -0.2) is 9.78 Å². The summed E-state index contributed by atoms with van der Waals surface area (Å²) in [7, 11) is 1.96. The molecule has 0 radical (unpaired) electrons. The van der Waals surface area contributed by atoms with Gasteiger partial charge in [-0.05, 0) is 31.6 Å². The van der Waals surface area contributed by atoms with Crippen molar-refractivity contribution in [1.29, 1.82) is 0 Å². The molecule has 0 bridgehead atoms. The number of carbonyl (C=O) groups is 1. The number of imidazole rings is 1. The molecule has 6 heteroatoms. The van der Waals surface area contributed by atoms with Crippen LogP contribution in [0.1, 0.15) is 20.3 Å². The second-order valence-electron chi connectivity index (χ2n) is 6.48. The van der Waals surface area contributed by atoms with Crippen LogP contribution in [0.15, 0.2) is 36.7 Å². The average Bonchev–Trinajstić information content (AvgIpc) is 3.26. The van der Waals surface area contributed by atoms with Crippen LogP contribution in [0.25, 0.3) is 11.4 Å². The molecule has 1 saturated heterocycles. The first-order valence-electron chi connectivity index (χ1n) is 9.00. The molecule has 1 N–H and O–H groups in total. The number of hydrogen-bond donors (Lipinski definition) is 1. The monoisotopic (exact) mass is 341 g/mol. The fourth-order valence-electron chi connectivity index (χ4n) is 3.55. The maximum Gasteiger partial charge on any atom is 0.321 e. The highest BCUT2D eigenvalue weighted by atomic mass is 16.2. The Morgan fingerprint density at radius 3 is 2.84 bits per heavy atom. The van der Waals surface area contributed by atoms with E-state index in [0.717, 1.165) is 49.7 Å². The molecule has 1 fully saturated rings. The van der Waals surface area contributed by atoms with Gasteiger partial charge in [-0.3, -0.25) is 4.90 Å². The first-order valence-corrected chi connectivity index (χ1v) is 9.00. The number of carbonyl (C=O) groups excluding carboxylic acids is 1. The van der Waals surface area contributed by atoms with Gasteiger partial charge in [0.2, 0.25) is 0 Å². The Balaban J connectivity index is 1.65. The Labute approximate surface area is 149 Å². The highest BCUT2D eigenvalue weighted by molar-refractivity contribution is 5.90. The van der Waals surface area contributed by atoms with Gasteiger partial charge >= 0.3 is 6.03 Å². The lowest BCUT2D eigenvalue weighted by atomic mass is 10.2. The Morgan fingerprint density at radius 1 is 1.36 bits per heavy atom. The van der Waals surface area contributed by atoms with Crippen LogP contribution in [0, 0.1) is 0 Å². The lowest BCUT2D eigenvalue weighted by Gasteiger charge is -2.26. The van der Waals surface area contributed by atoms with E-state index in [-0.39, 0.29) is 6.03 Å². The summed E-state index contributed by atoms with van der Waals surface area (Å²) in [4.78, 5) is 21.3. The van der Waals surface area contributed by atoms with Crippen LogP contribution in [0.4, 0.5) is 10.5 Å². The van der Waals surface area contributed by atoms with Crippen molar-refractivity contribution in [3.05, 3.63) is 36.7 Å². The van der Waals surface area contributed by atoms with Gasteiger partial charge in [0.05, 0.1) is 0 Å². The van der Waals surface area contributed by atoms with Crippen LogP contribution < -0.4 is 5.32 Å². The van der Waals surface area contributed by atoms with Crippen molar-refractivity contribution in [3.63, 3.8) is 0 Å². The van der Waals surface area contributed by atoms with E-state index in [9.17, 15) is 4.79 Å². The largest absolute Gasteiger partial charge is 0.334 e. The average molecular weight is 341 g/mol. The normalized spacial score (nSPS) is 17.3. The van der Waals surface area contributed by atoms with Crippen molar-refractivity contribution in [3.8, 4) is 11.4 Å². The summed E-state index contributed by atoms with van der Waals surface area (Å²) in [6.07, 6.45) is 4.73. The van der Waals surface area contributed by atoms with E-state index < -0.39 is 0 Å². The molecule has 2 amide bonds. The molecule has 6 nitrogen and oxygen atoms in total. The van der Waals surface area contributed by atoms with Crippen molar-refractivity contribution in [2.75, 3.05) is 31.5 Å². The molecule has 2 aromatic rings. The van der Waals surface area contributed by atoms with E-state index in [2.05, 4.69) is 29.0 Å². The third-order valence-electron chi connectivity index (χ3n) is 4.97. The van der Waals surface area contributed by atoms with Gasteiger partial charge < -0.3 is 14.8 Å². The molecule has 134 valence electrons. The number of aromatic nitrogens is 2. The zero-order valence-electron chi connectivity index (χ0n) is 15.3. The van der Waals surface area contributed by atoms with Gasteiger partial charge in [0.15, 0.2) is 0 Å². The summed E-state index contributed by atoms with van der Waals surface area (Å²) in [5, 5.41) is 3.03. The van der Waals surface area contributed by atoms with E-state index in [0.29, 0.717) is 6.04 Å². The molecule has 1 aromatic heterocycles. The zero-order valence-corrected chi connectivity index (χ0v) is 15.3. The molecular formula is C19H27N5O. The highest BCUT2D eigenvalue weighted by Crippen LogP contribution is 2.22. The van der Waals surface area contributed by atoms with E-state index in [1.54, 1.807) is 6.20 Å². The van der Waals surface area contributed by atoms with E-state index >= 15 is 0 Å². The number of likely N-dealkylation sites (N-methyl/N-ethyl adjacent to an activating group) is 1. The number of urea groups is 1. The maximum absolute atomic E-state index is 12.6. The Morgan fingerprint density at radius 2 is 2.16 bits per heavy atom. The van der Waals surface area contributed by atoms with Gasteiger partial charge in [-0.15, -0.1) is 0 Å². The lowest BCUT2D eigenvalue weighted by Crippen LogP contribution is -2.39. The third kappa shape index (κ3) is 3.85. The predicted octanol–water partition coefficient (Wildman–Crippen LogP) is 3.04. The number of aryl methyl sites for hydroxylation is 1. The van der Waals surface area contributed by atoms with Crippen molar-refractivity contribution in [1.82, 2.24) is 19.4 Å². The van der Waals surface area contributed by atoms with Crippen LogP contribution in [0.2, 0.25) is 0 Å².